The van der Waals surface area contributed by atoms with Crippen molar-refractivity contribution in [3.63, 3.8) is 0 Å². The van der Waals surface area contributed by atoms with Crippen LogP contribution in [0.15, 0.2) is 48.5 Å². The molecule has 2 aromatic carbocycles. The number of aliphatic hydroxyl groups excluding tert-OH is 1. The van der Waals surface area contributed by atoms with E-state index in [0.29, 0.717) is 0 Å². The smallest absolute Gasteiger partial charge is 0.407 e. The van der Waals surface area contributed by atoms with Crippen LogP contribution in [0, 0.1) is 0 Å². The number of amides is 2. The minimum atomic E-state index is -1.17. The highest BCUT2D eigenvalue weighted by molar-refractivity contribution is 5.79. The van der Waals surface area contributed by atoms with Crippen molar-refractivity contribution in [2.24, 2.45) is 0 Å². The first-order valence-electron chi connectivity index (χ1n) is 10.7. The Morgan fingerprint density at radius 2 is 1.55 bits per heavy atom. The van der Waals surface area contributed by atoms with Gasteiger partial charge >= 0.3 is 12.1 Å². The van der Waals surface area contributed by atoms with Crippen molar-refractivity contribution in [2.75, 3.05) is 26.8 Å². The lowest BCUT2D eigenvalue weighted by Crippen LogP contribution is -2.39. The number of methoxy groups -OCH3 is 1. The van der Waals surface area contributed by atoms with Crippen LogP contribution in [0.5, 0.6) is 0 Å². The molecule has 2 amide bonds. The molecule has 2 unspecified atom stereocenters. The molecule has 0 aliphatic heterocycles. The van der Waals surface area contributed by atoms with Crippen LogP contribution < -0.4 is 10.6 Å². The lowest BCUT2D eigenvalue weighted by Gasteiger charge is -2.18. The highest BCUT2D eigenvalue weighted by Gasteiger charge is 2.29. The molecule has 4 N–H and O–H groups in total. The number of aliphatic carboxylic acids is 1. The number of aliphatic hydroxyl groups is 1. The number of nitrogens with one attached hydrogen (secondary N) is 2. The normalized spacial score (nSPS) is 14.0. The minimum absolute atomic E-state index is 0.0515. The number of alkyl carbamates (subject to hydrolysis) is 1. The number of hydrogen-bond acceptors (Lipinski definition) is 6. The maximum absolute atomic E-state index is 12.3. The zero-order chi connectivity index (χ0) is 23.8. The Hall–Kier alpha value is -3.43. The number of carbonyl (C=O) groups is 3. The number of hydrogen-bond donors (Lipinski definition) is 4. The third kappa shape index (κ3) is 6.53. The molecule has 9 heteroatoms. The third-order valence-electron chi connectivity index (χ3n) is 5.51. The van der Waals surface area contributed by atoms with Crippen molar-refractivity contribution < 1.29 is 34.1 Å². The van der Waals surface area contributed by atoms with Gasteiger partial charge in [-0.2, -0.15) is 0 Å². The van der Waals surface area contributed by atoms with E-state index in [-0.39, 0.29) is 32.0 Å². The summed E-state index contributed by atoms with van der Waals surface area (Å²) in [5, 5.41) is 23.2. The van der Waals surface area contributed by atoms with Gasteiger partial charge in [0.2, 0.25) is 5.91 Å². The average molecular weight is 456 g/mol. The van der Waals surface area contributed by atoms with Crippen molar-refractivity contribution in [3.8, 4) is 11.1 Å². The monoisotopic (exact) mass is 456 g/mol. The van der Waals surface area contributed by atoms with Crippen LogP contribution in [0.3, 0.4) is 0 Å². The van der Waals surface area contributed by atoms with Gasteiger partial charge in [-0.25, -0.2) is 4.79 Å². The predicted molar refractivity (Wildman–Crippen MR) is 120 cm³/mol. The van der Waals surface area contributed by atoms with E-state index in [4.69, 9.17) is 14.6 Å². The van der Waals surface area contributed by atoms with Gasteiger partial charge in [-0.3, -0.25) is 9.59 Å². The van der Waals surface area contributed by atoms with E-state index in [1.165, 1.54) is 7.11 Å². The zero-order valence-electron chi connectivity index (χ0n) is 18.3. The number of carboxylic acids is 1. The van der Waals surface area contributed by atoms with Gasteiger partial charge in [0.25, 0.3) is 0 Å². The first-order valence-corrected chi connectivity index (χ1v) is 10.7. The van der Waals surface area contributed by atoms with Crippen LogP contribution in [0.1, 0.15) is 29.9 Å². The summed E-state index contributed by atoms with van der Waals surface area (Å²) in [6.45, 7) is 0.0547. The second-order valence-electron chi connectivity index (χ2n) is 7.82. The molecular weight excluding hydrogens is 428 g/mol. The molecule has 9 nitrogen and oxygen atoms in total. The van der Waals surface area contributed by atoms with E-state index < -0.39 is 36.6 Å². The van der Waals surface area contributed by atoms with Crippen LogP contribution in [0.2, 0.25) is 0 Å². The van der Waals surface area contributed by atoms with E-state index in [9.17, 15) is 19.5 Å². The number of ether oxygens (including phenoxy) is 2. The lowest BCUT2D eigenvalue weighted by atomic mass is 9.98. The molecule has 0 aromatic heterocycles. The standard InChI is InChI=1S/C24H28N2O7/c1-32-16(11-22(28)25-12-15(27)10-23(29)30)13-26-24(31)33-14-21-19-8-4-2-6-17(19)18-7-3-5-9-20(18)21/h2-9,15-16,21,27H,10-14H2,1H3,(H,25,28)(H,26,31)(H,29,30). The van der Waals surface area contributed by atoms with Gasteiger partial charge in [-0.15, -0.1) is 0 Å². The first kappa shape index (κ1) is 24.2. The van der Waals surface area contributed by atoms with Crippen molar-refractivity contribution >= 4 is 18.0 Å². The second kappa shape index (κ2) is 11.4. The Labute approximate surface area is 191 Å². The highest BCUT2D eigenvalue weighted by atomic mass is 16.5. The Bertz CT molecular complexity index is 949. The average Bonchev–Trinajstić information content (AvgIpc) is 3.12. The molecular formula is C24H28N2O7. The highest BCUT2D eigenvalue weighted by Crippen LogP contribution is 2.44. The Morgan fingerprint density at radius 1 is 0.939 bits per heavy atom. The summed E-state index contributed by atoms with van der Waals surface area (Å²) in [5.74, 6) is -1.64. The van der Waals surface area contributed by atoms with E-state index in [1.54, 1.807) is 0 Å². The van der Waals surface area contributed by atoms with Gasteiger partial charge in [0.15, 0.2) is 0 Å². The van der Waals surface area contributed by atoms with Crippen molar-refractivity contribution in [1.29, 1.82) is 0 Å². The van der Waals surface area contributed by atoms with E-state index in [2.05, 4.69) is 22.8 Å². The van der Waals surface area contributed by atoms with E-state index >= 15 is 0 Å². The van der Waals surface area contributed by atoms with Crippen LogP contribution in [-0.4, -0.2) is 67.2 Å². The summed E-state index contributed by atoms with van der Waals surface area (Å²) in [6.07, 6.45) is -2.93. The fraction of sp³-hybridized carbons (Fsp3) is 0.375. The zero-order valence-corrected chi connectivity index (χ0v) is 18.3. The van der Waals surface area contributed by atoms with E-state index in [1.807, 2.05) is 36.4 Å². The van der Waals surface area contributed by atoms with Crippen molar-refractivity contribution in [2.45, 2.75) is 31.0 Å². The van der Waals surface area contributed by atoms with Crippen LogP contribution in [-0.2, 0) is 19.1 Å². The number of fused-ring (bicyclic) bond motifs is 3. The van der Waals surface area contributed by atoms with Gasteiger partial charge in [0.05, 0.1) is 25.0 Å². The second-order valence-corrected chi connectivity index (χ2v) is 7.82. The predicted octanol–water partition coefficient (Wildman–Crippen LogP) is 1.88. The molecule has 0 radical (unpaired) electrons. The molecule has 0 saturated heterocycles. The summed E-state index contributed by atoms with van der Waals surface area (Å²) in [4.78, 5) is 34.8. The van der Waals surface area contributed by atoms with Gasteiger partial charge in [-0.1, -0.05) is 48.5 Å². The number of rotatable bonds is 11. The quantitative estimate of drug-likeness (QED) is 0.406. The van der Waals surface area contributed by atoms with Crippen LogP contribution in [0.25, 0.3) is 11.1 Å². The summed E-state index contributed by atoms with van der Waals surface area (Å²) in [5.41, 5.74) is 4.51. The Kier molecular flexibility index (Phi) is 8.39. The van der Waals surface area contributed by atoms with Gasteiger partial charge in [0, 0.05) is 26.1 Å². The maximum atomic E-state index is 12.3. The Morgan fingerprint density at radius 3 is 2.12 bits per heavy atom. The fourth-order valence-electron chi connectivity index (χ4n) is 3.87. The lowest BCUT2D eigenvalue weighted by molar-refractivity contribution is -0.139. The largest absolute Gasteiger partial charge is 0.481 e. The maximum Gasteiger partial charge on any atom is 0.407 e. The third-order valence-corrected chi connectivity index (χ3v) is 5.51. The molecule has 2 aromatic rings. The number of benzene rings is 2. The van der Waals surface area contributed by atoms with Gasteiger partial charge in [0.1, 0.15) is 6.61 Å². The van der Waals surface area contributed by atoms with Crippen molar-refractivity contribution in [1.82, 2.24) is 10.6 Å². The molecule has 0 fully saturated rings. The molecule has 176 valence electrons. The molecule has 0 bridgehead atoms. The first-order chi connectivity index (χ1) is 15.9. The number of carbonyl (C=O) groups excluding carboxylic acids is 2. The fourth-order valence-corrected chi connectivity index (χ4v) is 3.87. The summed E-state index contributed by atoms with van der Waals surface area (Å²) >= 11 is 0. The van der Waals surface area contributed by atoms with Gasteiger partial charge in [-0.05, 0) is 22.3 Å². The van der Waals surface area contributed by atoms with Crippen LogP contribution >= 0.6 is 0 Å². The molecule has 0 heterocycles. The molecule has 1 aliphatic carbocycles. The summed E-state index contributed by atoms with van der Waals surface area (Å²) in [6, 6.07) is 16.1. The van der Waals surface area contributed by atoms with Gasteiger partial charge < -0.3 is 30.3 Å². The summed E-state index contributed by atoms with van der Waals surface area (Å²) in [7, 11) is 1.41. The number of carboxylic acid groups (broad SMARTS) is 1. The molecule has 2 atom stereocenters. The van der Waals surface area contributed by atoms with E-state index in [0.717, 1.165) is 22.3 Å². The Balaban J connectivity index is 1.45. The SMILES string of the molecule is COC(CNC(=O)OCC1c2ccccc2-c2ccccc21)CC(=O)NCC(O)CC(=O)O. The molecule has 1 aliphatic rings. The molecule has 0 saturated carbocycles. The van der Waals surface area contributed by atoms with Crippen molar-refractivity contribution in [3.05, 3.63) is 59.7 Å². The summed E-state index contributed by atoms with van der Waals surface area (Å²) < 4.78 is 10.7. The minimum Gasteiger partial charge on any atom is -0.481 e. The topological polar surface area (TPSA) is 134 Å². The molecule has 0 spiro atoms. The molecule has 3 rings (SSSR count). The van der Waals surface area contributed by atoms with Crippen LogP contribution in [0.4, 0.5) is 4.79 Å². The molecule has 33 heavy (non-hydrogen) atoms.